The molecule has 1 heterocycles. The van der Waals surface area contributed by atoms with Crippen LogP contribution in [-0.2, 0) is 0 Å². The second kappa shape index (κ2) is 4.97. The van der Waals surface area contributed by atoms with E-state index in [1.807, 2.05) is 13.0 Å². The molecule has 0 unspecified atom stereocenters. The van der Waals surface area contributed by atoms with Crippen LogP contribution in [0, 0.1) is 6.92 Å². The largest absolute Gasteiger partial charge is 0.463 e. The molecule has 6 heteroatoms. The molecule has 0 saturated heterocycles. The third kappa shape index (κ3) is 2.54. The lowest BCUT2D eigenvalue weighted by Crippen LogP contribution is -2.24. The molecule has 0 atom stereocenters. The van der Waals surface area contributed by atoms with E-state index in [0.29, 0.717) is 16.5 Å². The Kier molecular flexibility index (Phi) is 3.38. The zero-order valence-electron chi connectivity index (χ0n) is 9.64. The van der Waals surface area contributed by atoms with Gasteiger partial charge in [0.25, 0.3) is 0 Å². The Morgan fingerprint density at radius 3 is 3.06 bits per heavy atom. The third-order valence-corrected chi connectivity index (χ3v) is 2.42. The molecule has 5 nitrogen and oxygen atoms in total. The first-order chi connectivity index (χ1) is 8.58. The van der Waals surface area contributed by atoms with Crippen LogP contribution in [0.1, 0.15) is 11.1 Å². The maximum absolute atomic E-state index is 12.1. The molecule has 1 aromatic carbocycles. The Labute approximate surface area is 108 Å². The maximum atomic E-state index is 12.1. The molecule has 1 aromatic heterocycles. The molecule has 0 spiro atoms. The van der Waals surface area contributed by atoms with E-state index in [1.165, 1.54) is 12.5 Å². The minimum Gasteiger partial charge on any atom is -0.463 e. The first-order valence-corrected chi connectivity index (χ1v) is 5.59. The average molecular weight is 261 g/mol. The number of hydrogen-bond acceptors (Lipinski definition) is 4. The van der Waals surface area contributed by atoms with Crippen molar-refractivity contribution in [2.45, 2.75) is 6.92 Å². The van der Waals surface area contributed by atoms with Gasteiger partial charge in [0.15, 0.2) is 5.11 Å². The van der Waals surface area contributed by atoms with E-state index < -0.39 is 0 Å². The topological polar surface area (TPSA) is 80.6 Å². The van der Waals surface area contributed by atoms with Crippen LogP contribution >= 0.6 is 12.2 Å². The molecule has 0 amide bonds. The first-order valence-electron chi connectivity index (χ1n) is 5.18. The van der Waals surface area contributed by atoms with E-state index >= 15 is 0 Å². The highest BCUT2D eigenvalue weighted by atomic mass is 32.1. The standard InChI is InChI=1S/C12H11N3O2S/c1-7-2-3-10-9(4-7)11(16)8(6-17-10)5-14-15-12(13)18/h2-6H,1H3,(H3,13,15,18). The van der Waals surface area contributed by atoms with Crippen LogP contribution in [0.4, 0.5) is 0 Å². The fourth-order valence-electron chi connectivity index (χ4n) is 1.51. The first kappa shape index (κ1) is 12.3. The Morgan fingerprint density at radius 1 is 1.56 bits per heavy atom. The lowest BCUT2D eigenvalue weighted by atomic mass is 10.1. The second-order valence-electron chi connectivity index (χ2n) is 3.75. The van der Waals surface area contributed by atoms with Crippen molar-refractivity contribution in [1.29, 1.82) is 0 Å². The minimum absolute atomic E-state index is 0.0345. The Bertz CT molecular complexity index is 691. The van der Waals surface area contributed by atoms with E-state index in [1.54, 1.807) is 12.1 Å². The number of nitrogens with zero attached hydrogens (tertiary/aromatic N) is 1. The summed E-state index contributed by atoms with van der Waals surface area (Å²) in [6.45, 7) is 1.91. The number of aryl methyl sites for hydroxylation is 1. The molecule has 2 rings (SSSR count). The van der Waals surface area contributed by atoms with E-state index in [0.717, 1.165) is 5.56 Å². The van der Waals surface area contributed by atoms with Crippen LogP contribution in [-0.4, -0.2) is 11.3 Å². The molecule has 0 aliphatic rings. The predicted octanol–water partition coefficient (Wildman–Crippen LogP) is 1.27. The zero-order chi connectivity index (χ0) is 13.1. The molecule has 0 aliphatic carbocycles. The highest BCUT2D eigenvalue weighted by molar-refractivity contribution is 7.80. The van der Waals surface area contributed by atoms with Gasteiger partial charge in [-0.15, -0.1) is 0 Å². The number of nitrogens with one attached hydrogen (secondary N) is 1. The van der Waals surface area contributed by atoms with Crippen LogP contribution in [0.15, 0.2) is 38.8 Å². The van der Waals surface area contributed by atoms with Crippen molar-refractivity contribution in [2.75, 3.05) is 0 Å². The quantitative estimate of drug-likeness (QED) is 0.483. The summed E-state index contributed by atoms with van der Waals surface area (Å²) in [5.74, 6) is 0. The van der Waals surface area contributed by atoms with Gasteiger partial charge in [0.05, 0.1) is 17.2 Å². The van der Waals surface area contributed by atoms with Crippen LogP contribution in [0.25, 0.3) is 11.0 Å². The summed E-state index contributed by atoms with van der Waals surface area (Å²) in [5, 5.41) is 4.29. The number of nitrogens with two attached hydrogens (primary N) is 1. The molecule has 0 radical (unpaired) electrons. The molecule has 0 fully saturated rings. The minimum atomic E-state index is -0.145. The molecule has 0 aliphatic heterocycles. The van der Waals surface area contributed by atoms with Crippen molar-refractivity contribution < 1.29 is 4.42 Å². The highest BCUT2D eigenvalue weighted by Gasteiger charge is 2.05. The number of fused-ring (bicyclic) bond motifs is 1. The number of thiocarbonyl (C=S) groups is 1. The Morgan fingerprint density at radius 2 is 2.33 bits per heavy atom. The summed E-state index contributed by atoms with van der Waals surface area (Å²) in [6, 6.07) is 5.42. The van der Waals surface area contributed by atoms with E-state index in [-0.39, 0.29) is 10.5 Å². The van der Waals surface area contributed by atoms with Gasteiger partial charge in [-0.1, -0.05) is 11.6 Å². The fraction of sp³-hybridized carbons (Fsp3) is 0.0833. The van der Waals surface area contributed by atoms with Gasteiger partial charge in [-0.2, -0.15) is 5.10 Å². The zero-order valence-corrected chi connectivity index (χ0v) is 10.5. The smallest absolute Gasteiger partial charge is 0.201 e. The van der Waals surface area contributed by atoms with Gasteiger partial charge in [-0.25, -0.2) is 0 Å². The van der Waals surface area contributed by atoms with Gasteiger partial charge in [-0.05, 0) is 31.3 Å². The maximum Gasteiger partial charge on any atom is 0.201 e. The molecule has 2 aromatic rings. The number of rotatable bonds is 2. The molecular weight excluding hydrogens is 250 g/mol. The van der Waals surface area contributed by atoms with Crippen LogP contribution in [0.2, 0.25) is 0 Å². The molecule has 92 valence electrons. The monoisotopic (exact) mass is 261 g/mol. The van der Waals surface area contributed by atoms with Crippen LogP contribution in [0.5, 0.6) is 0 Å². The Balaban J connectivity index is 2.47. The molecule has 0 saturated carbocycles. The average Bonchev–Trinajstić information content (AvgIpc) is 2.32. The van der Waals surface area contributed by atoms with Crippen LogP contribution < -0.4 is 16.6 Å². The number of hydrazone groups is 1. The SMILES string of the molecule is Cc1ccc2occ(C=NNC(N)=S)c(=O)c2c1. The van der Waals surface area contributed by atoms with Crippen molar-refractivity contribution in [3.63, 3.8) is 0 Å². The van der Waals surface area contributed by atoms with E-state index in [2.05, 4.69) is 22.7 Å². The van der Waals surface area contributed by atoms with Crippen molar-refractivity contribution >= 4 is 34.5 Å². The molecular formula is C12H11N3O2S. The lowest BCUT2D eigenvalue weighted by Gasteiger charge is -1.99. The fourth-order valence-corrected chi connectivity index (χ4v) is 1.57. The van der Waals surface area contributed by atoms with Gasteiger partial charge in [-0.3, -0.25) is 10.2 Å². The summed E-state index contributed by atoms with van der Waals surface area (Å²) < 4.78 is 5.35. The van der Waals surface area contributed by atoms with Gasteiger partial charge in [0.1, 0.15) is 11.8 Å². The summed E-state index contributed by atoms with van der Waals surface area (Å²) >= 11 is 4.59. The van der Waals surface area contributed by atoms with Gasteiger partial charge in [0, 0.05) is 0 Å². The van der Waals surface area contributed by atoms with Crippen molar-refractivity contribution in [3.8, 4) is 0 Å². The van der Waals surface area contributed by atoms with Gasteiger partial charge in [0.2, 0.25) is 5.43 Å². The Hall–Kier alpha value is -2.21. The lowest BCUT2D eigenvalue weighted by molar-refractivity contribution is 0.601. The predicted molar refractivity (Wildman–Crippen MR) is 74.7 cm³/mol. The summed E-state index contributed by atoms with van der Waals surface area (Å²) in [4.78, 5) is 12.1. The van der Waals surface area contributed by atoms with E-state index in [9.17, 15) is 4.79 Å². The third-order valence-electron chi connectivity index (χ3n) is 2.33. The summed E-state index contributed by atoms with van der Waals surface area (Å²) in [6.07, 6.45) is 2.68. The molecule has 18 heavy (non-hydrogen) atoms. The van der Waals surface area contributed by atoms with Gasteiger partial charge < -0.3 is 10.2 Å². The van der Waals surface area contributed by atoms with Crippen molar-refractivity contribution in [2.24, 2.45) is 10.8 Å². The van der Waals surface area contributed by atoms with Crippen molar-refractivity contribution in [3.05, 3.63) is 45.8 Å². The van der Waals surface area contributed by atoms with Gasteiger partial charge >= 0.3 is 0 Å². The molecule has 0 bridgehead atoms. The highest BCUT2D eigenvalue weighted by Crippen LogP contribution is 2.12. The normalized spacial score (nSPS) is 10.9. The second-order valence-corrected chi connectivity index (χ2v) is 4.19. The number of hydrogen-bond donors (Lipinski definition) is 2. The van der Waals surface area contributed by atoms with E-state index in [4.69, 9.17) is 10.2 Å². The van der Waals surface area contributed by atoms with Crippen molar-refractivity contribution in [1.82, 2.24) is 5.43 Å². The summed E-state index contributed by atoms with van der Waals surface area (Å²) in [7, 11) is 0. The summed E-state index contributed by atoms with van der Waals surface area (Å²) in [5.41, 5.74) is 9.31. The number of benzene rings is 1. The van der Waals surface area contributed by atoms with Crippen LogP contribution in [0.3, 0.4) is 0 Å². The molecule has 3 N–H and O–H groups in total.